The van der Waals surface area contributed by atoms with Crippen molar-refractivity contribution in [2.75, 3.05) is 0 Å². The van der Waals surface area contributed by atoms with Gasteiger partial charge in [0.05, 0.1) is 17.5 Å². The van der Waals surface area contributed by atoms with E-state index in [0.717, 1.165) is 6.07 Å². The third-order valence-corrected chi connectivity index (χ3v) is 3.77. The fraction of sp³-hybridized carbons (Fsp3) is 0.471. The van der Waals surface area contributed by atoms with E-state index < -0.39 is 41.6 Å². The van der Waals surface area contributed by atoms with Gasteiger partial charge in [-0.1, -0.05) is 38.4 Å². The third-order valence-electron chi connectivity index (χ3n) is 3.46. The van der Waals surface area contributed by atoms with Gasteiger partial charge in [0.15, 0.2) is 0 Å². The highest BCUT2D eigenvalue weighted by Gasteiger charge is 2.27. The third kappa shape index (κ3) is 6.34. The van der Waals surface area contributed by atoms with Crippen molar-refractivity contribution in [3.63, 3.8) is 0 Å². The van der Waals surface area contributed by atoms with Crippen LogP contribution in [0.3, 0.4) is 0 Å². The lowest BCUT2D eigenvalue weighted by Gasteiger charge is -2.24. The fourth-order valence-electron chi connectivity index (χ4n) is 1.93. The number of hydrogen-bond acceptors (Lipinski definition) is 3. The number of nitrogens with one attached hydrogen (secondary N) is 2. The average molecular weight is 373 g/mol. The normalized spacial score (nSPS) is 13.7. The highest BCUT2D eigenvalue weighted by atomic mass is 35.5. The molecule has 0 saturated heterocycles. The number of carboxylic acid groups (broad SMARTS) is 1. The Labute approximate surface area is 150 Å². The van der Waals surface area contributed by atoms with Crippen molar-refractivity contribution >= 4 is 29.4 Å². The molecule has 25 heavy (non-hydrogen) atoms. The summed E-state index contributed by atoms with van der Waals surface area (Å²) in [5, 5.41) is 14.0. The number of halogens is 2. The molecule has 0 saturated carbocycles. The summed E-state index contributed by atoms with van der Waals surface area (Å²) in [6.45, 7) is 6.60. The second-order valence-electron chi connectivity index (χ2n) is 6.78. The smallest absolute Gasteiger partial charge is 0.305 e. The van der Waals surface area contributed by atoms with Gasteiger partial charge < -0.3 is 15.7 Å². The first-order chi connectivity index (χ1) is 11.4. The van der Waals surface area contributed by atoms with Crippen molar-refractivity contribution in [3.05, 3.63) is 34.6 Å². The van der Waals surface area contributed by atoms with E-state index in [4.69, 9.17) is 16.7 Å². The molecule has 0 radical (unpaired) electrons. The summed E-state index contributed by atoms with van der Waals surface area (Å²) in [6, 6.07) is 1.98. The Balaban J connectivity index is 2.90. The van der Waals surface area contributed by atoms with Crippen molar-refractivity contribution in [2.24, 2.45) is 5.41 Å². The van der Waals surface area contributed by atoms with Crippen LogP contribution in [0.1, 0.15) is 45.7 Å². The van der Waals surface area contributed by atoms with Crippen molar-refractivity contribution in [1.29, 1.82) is 0 Å². The first kappa shape index (κ1) is 20.9. The minimum absolute atomic E-state index is 0.102. The van der Waals surface area contributed by atoms with E-state index in [-0.39, 0.29) is 16.5 Å². The standard InChI is InChI=1S/C17H22ClFN2O4/c1-9(20-16(25)17(2,3)4)15(24)21-13(8-14(22)23)10-5-6-11(18)12(19)7-10/h5-7,9,13H,8H2,1-4H3,(H,20,25)(H,21,24)(H,22,23). The van der Waals surface area contributed by atoms with Gasteiger partial charge in [-0.15, -0.1) is 0 Å². The Morgan fingerprint density at radius 2 is 1.84 bits per heavy atom. The molecule has 0 aliphatic heterocycles. The highest BCUT2D eigenvalue weighted by molar-refractivity contribution is 6.30. The Morgan fingerprint density at radius 3 is 2.32 bits per heavy atom. The second kappa shape index (κ2) is 8.29. The molecule has 0 aliphatic rings. The first-order valence-electron chi connectivity index (χ1n) is 7.70. The molecule has 1 aromatic rings. The van der Waals surface area contributed by atoms with E-state index in [2.05, 4.69) is 10.6 Å². The van der Waals surface area contributed by atoms with E-state index in [1.54, 1.807) is 20.8 Å². The molecule has 2 atom stereocenters. The lowest BCUT2D eigenvalue weighted by Crippen LogP contribution is -2.49. The van der Waals surface area contributed by atoms with Crippen molar-refractivity contribution in [1.82, 2.24) is 10.6 Å². The zero-order chi connectivity index (χ0) is 19.4. The van der Waals surface area contributed by atoms with Crippen molar-refractivity contribution in [2.45, 2.75) is 46.2 Å². The largest absolute Gasteiger partial charge is 0.481 e. The van der Waals surface area contributed by atoms with E-state index in [0.29, 0.717) is 0 Å². The maximum absolute atomic E-state index is 13.6. The summed E-state index contributed by atoms with van der Waals surface area (Å²) < 4.78 is 13.6. The molecule has 0 aromatic heterocycles. The van der Waals surface area contributed by atoms with Gasteiger partial charge in [-0.3, -0.25) is 14.4 Å². The zero-order valence-corrected chi connectivity index (χ0v) is 15.3. The van der Waals surface area contributed by atoms with E-state index in [9.17, 15) is 18.8 Å². The number of rotatable bonds is 6. The molecule has 0 bridgehead atoms. The molecule has 1 rings (SSSR count). The van der Waals surface area contributed by atoms with Crippen LogP contribution in [0.25, 0.3) is 0 Å². The van der Waals surface area contributed by atoms with Gasteiger partial charge >= 0.3 is 5.97 Å². The molecule has 3 N–H and O–H groups in total. The number of carboxylic acids is 1. The molecule has 138 valence electrons. The molecule has 0 spiro atoms. The van der Waals surface area contributed by atoms with Crippen LogP contribution in [0.2, 0.25) is 5.02 Å². The molecule has 2 unspecified atom stereocenters. The summed E-state index contributed by atoms with van der Waals surface area (Å²) in [6.07, 6.45) is -0.438. The van der Waals surface area contributed by atoms with E-state index in [1.807, 2.05) is 0 Å². The Morgan fingerprint density at radius 1 is 1.24 bits per heavy atom. The fourth-order valence-corrected chi connectivity index (χ4v) is 2.05. The van der Waals surface area contributed by atoms with Crippen LogP contribution in [0.5, 0.6) is 0 Å². The highest BCUT2D eigenvalue weighted by Crippen LogP contribution is 2.22. The topological polar surface area (TPSA) is 95.5 Å². The quantitative estimate of drug-likeness (QED) is 0.715. The van der Waals surface area contributed by atoms with Gasteiger partial charge in [-0.2, -0.15) is 0 Å². The molecule has 6 nitrogen and oxygen atoms in total. The summed E-state index contributed by atoms with van der Waals surface area (Å²) in [7, 11) is 0. The number of carbonyl (C=O) groups is 3. The van der Waals surface area contributed by atoms with Crippen molar-refractivity contribution in [3.8, 4) is 0 Å². The van der Waals surface area contributed by atoms with Gasteiger partial charge in [-0.25, -0.2) is 4.39 Å². The van der Waals surface area contributed by atoms with Gasteiger partial charge in [0.25, 0.3) is 0 Å². The van der Waals surface area contributed by atoms with Gasteiger partial charge in [-0.05, 0) is 24.6 Å². The predicted molar refractivity (Wildman–Crippen MR) is 91.6 cm³/mol. The first-order valence-corrected chi connectivity index (χ1v) is 8.07. The van der Waals surface area contributed by atoms with Crippen LogP contribution in [0.15, 0.2) is 18.2 Å². The molecular weight excluding hydrogens is 351 g/mol. The molecule has 8 heteroatoms. The summed E-state index contributed by atoms with van der Waals surface area (Å²) in [5.74, 6) is -2.76. The molecular formula is C17H22ClFN2O4. The summed E-state index contributed by atoms with van der Waals surface area (Å²) in [4.78, 5) is 35.3. The Bertz CT molecular complexity index is 673. The van der Waals surface area contributed by atoms with E-state index in [1.165, 1.54) is 19.1 Å². The van der Waals surface area contributed by atoms with Gasteiger partial charge in [0.2, 0.25) is 11.8 Å². The zero-order valence-electron chi connectivity index (χ0n) is 14.5. The minimum atomic E-state index is -1.16. The maximum atomic E-state index is 13.6. The van der Waals surface area contributed by atoms with Crippen LogP contribution < -0.4 is 10.6 Å². The van der Waals surface area contributed by atoms with Gasteiger partial charge in [0, 0.05) is 5.41 Å². The Kier molecular flexibility index (Phi) is 6.93. The van der Waals surface area contributed by atoms with Crippen LogP contribution in [0.4, 0.5) is 4.39 Å². The summed E-state index contributed by atoms with van der Waals surface area (Å²) >= 11 is 5.62. The van der Waals surface area contributed by atoms with Crippen molar-refractivity contribution < 1.29 is 23.9 Å². The van der Waals surface area contributed by atoms with Crippen LogP contribution in [0, 0.1) is 11.2 Å². The molecule has 0 heterocycles. The molecule has 2 amide bonds. The minimum Gasteiger partial charge on any atom is -0.481 e. The molecule has 0 fully saturated rings. The second-order valence-corrected chi connectivity index (χ2v) is 7.18. The van der Waals surface area contributed by atoms with Crippen LogP contribution in [-0.4, -0.2) is 28.9 Å². The van der Waals surface area contributed by atoms with Crippen LogP contribution >= 0.6 is 11.6 Å². The molecule has 0 aliphatic carbocycles. The van der Waals surface area contributed by atoms with Gasteiger partial charge in [0.1, 0.15) is 11.9 Å². The van der Waals surface area contributed by atoms with Crippen LogP contribution in [-0.2, 0) is 14.4 Å². The lowest BCUT2D eigenvalue weighted by atomic mass is 9.95. The summed E-state index contributed by atoms with van der Waals surface area (Å²) in [5.41, 5.74) is -0.402. The van der Waals surface area contributed by atoms with E-state index >= 15 is 0 Å². The number of hydrogen-bond donors (Lipinski definition) is 3. The predicted octanol–water partition coefficient (Wildman–Crippen LogP) is 2.66. The monoisotopic (exact) mass is 372 g/mol. The Hall–Kier alpha value is -2.15. The number of amides is 2. The SMILES string of the molecule is CC(NC(=O)C(C)(C)C)C(=O)NC(CC(=O)O)c1ccc(Cl)c(F)c1. The number of benzene rings is 1. The maximum Gasteiger partial charge on any atom is 0.305 e. The average Bonchev–Trinajstić information content (AvgIpc) is 2.47. The lowest BCUT2D eigenvalue weighted by molar-refractivity contribution is -0.138. The molecule has 1 aromatic carbocycles. The number of aliphatic carboxylic acids is 1. The number of carbonyl (C=O) groups excluding carboxylic acids is 2.